The van der Waals surface area contributed by atoms with E-state index < -0.39 is 10.7 Å². The van der Waals surface area contributed by atoms with Crippen LogP contribution in [-0.2, 0) is 0 Å². The minimum absolute atomic E-state index is 0.00690. The Morgan fingerprint density at radius 1 is 1.20 bits per heavy atom. The van der Waals surface area contributed by atoms with E-state index in [9.17, 15) is 14.5 Å². The molecule has 2 aromatic rings. The maximum absolute atomic E-state index is 13.1. The topological polar surface area (TPSA) is 55.2 Å². The van der Waals surface area contributed by atoms with Crippen LogP contribution >= 0.6 is 45.8 Å². The normalized spacial score (nSPS) is 10.4. The molecule has 2 aromatic carbocycles. The second kappa shape index (κ2) is 6.11. The van der Waals surface area contributed by atoms with Crippen LogP contribution in [0.25, 0.3) is 0 Å². The van der Waals surface area contributed by atoms with Crippen molar-refractivity contribution in [2.24, 2.45) is 0 Å². The van der Waals surface area contributed by atoms with E-state index in [1.165, 1.54) is 12.1 Å². The van der Waals surface area contributed by atoms with E-state index in [4.69, 9.17) is 23.2 Å². The third-order valence-corrected chi connectivity index (χ3v) is 3.88. The molecule has 8 heteroatoms. The first kappa shape index (κ1) is 15.3. The van der Waals surface area contributed by atoms with Crippen molar-refractivity contribution in [2.45, 2.75) is 0 Å². The Balaban J connectivity index is 2.36. The summed E-state index contributed by atoms with van der Waals surface area (Å²) in [7, 11) is 0. The predicted octanol–water partition coefficient (Wildman–Crippen LogP) is 5.39. The molecular weight excluding hydrogens is 421 g/mol. The fourth-order valence-corrected chi connectivity index (χ4v) is 2.81. The Labute approximate surface area is 137 Å². The van der Waals surface area contributed by atoms with Gasteiger partial charge in [-0.1, -0.05) is 23.2 Å². The van der Waals surface area contributed by atoms with Gasteiger partial charge in [-0.3, -0.25) is 10.1 Å². The maximum Gasteiger partial charge on any atom is 0.282 e. The van der Waals surface area contributed by atoms with E-state index in [1.807, 2.05) is 22.6 Å². The molecule has 20 heavy (non-hydrogen) atoms. The molecule has 4 nitrogen and oxygen atoms in total. The number of halogens is 4. The van der Waals surface area contributed by atoms with Crippen molar-refractivity contribution >= 4 is 62.9 Å². The Kier molecular flexibility index (Phi) is 4.66. The first-order valence-corrected chi connectivity index (χ1v) is 7.07. The highest BCUT2D eigenvalue weighted by Crippen LogP contribution is 2.35. The van der Waals surface area contributed by atoms with E-state index in [-0.39, 0.29) is 15.7 Å². The van der Waals surface area contributed by atoms with Crippen LogP contribution in [0.15, 0.2) is 30.3 Å². The Bertz CT molecular complexity index is 674. The molecule has 104 valence electrons. The van der Waals surface area contributed by atoms with Gasteiger partial charge in [0.05, 0.1) is 24.2 Å². The van der Waals surface area contributed by atoms with Crippen LogP contribution in [0.5, 0.6) is 0 Å². The number of rotatable bonds is 3. The first-order valence-electron chi connectivity index (χ1n) is 5.24. The highest BCUT2D eigenvalue weighted by molar-refractivity contribution is 14.1. The van der Waals surface area contributed by atoms with Crippen LogP contribution in [0.4, 0.5) is 21.5 Å². The van der Waals surface area contributed by atoms with Crippen molar-refractivity contribution in [3.8, 4) is 0 Å². The van der Waals surface area contributed by atoms with Crippen molar-refractivity contribution in [3.63, 3.8) is 0 Å². The zero-order valence-electron chi connectivity index (χ0n) is 9.66. The molecule has 0 saturated carbocycles. The van der Waals surface area contributed by atoms with Crippen LogP contribution < -0.4 is 5.32 Å². The number of anilines is 2. The number of nitrogens with zero attached hydrogens (tertiary/aromatic N) is 1. The van der Waals surface area contributed by atoms with E-state index in [0.717, 1.165) is 12.1 Å². The smallest absolute Gasteiger partial charge is 0.282 e. The molecule has 0 fully saturated rings. The van der Waals surface area contributed by atoms with Crippen LogP contribution in [0, 0.1) is 19.5 Å². The summed E-state index contributed by atoms with van der Waals surface area (Å²) in [5.74, 6) is -0.538. The molecule has 0 aliphatic heterocycles. The molecule has 0 bridgehead atoms. The molecule has 0 heterocycles. The number of nitro groups is 1. The number of hydrogen-bond donors (Lipinski definition) is 1. The van der Waals surface area contributed by atoms with Crippen molar-refractivity contribution in [1.82, 2.24) is 0 Å². The standard InChI is InChI=1S/C12H6Cl2FIN2O2/c13-8-3-6(15)4-9(14)12(8)17-7-1-2-11(18(19)20)10(16)5-7/h1-5,17H. The average molecular weight is 427 g/mol. The van der Waals surface area contributed by atoms with Gasteiger partial charge in [0.2, 0.25) is 0 Å². The minimum atomic E-state index is -0.538. The number of nitro benzene ring substituents is 1. The van der Waals surface area contributed by atoms with E-state index >= 15 is 0 Å². The molecule has 0 aliphatic rings. The molecule has 0 unspecified atom stereocenters. The van der Waals surface area contributed by atoms with Crippen LogP contribution in [0.1, 0.15) is 0 Å². The van der Waals surface area contributed by atoms with Gasteiger partial charge in [-0.2, -0.15) is 0 Å². The lowest BCUT2D eigenvalue weighted by atomic mass is 10.2. The quantitative estimate of drug-likeness (QED) is 0.406. The average Bonchev–Trinajstić information content (AvgIpc) is 2.33. The van der Waals surface area contributed by atoms with Crippen molar-refractivity contribution in [1.29, 1.82) is 0 Å². The first-order chi connectivity index (χ1) is 9.38. The van der Waals surface area contributed by atoms with Crippen molar-refractivity contribution in [2.75, 3.05) is 5.32 Å². The third kappa shape index (κ3) is 3.31. The lowest BCUT2D eigenvalue weighted by Crippen LogP contribution is -1.96. The highest BCUT2D eigenvalue weighted by Gasteiger charge is 2.13. The van der Waals surface area contributed by atoms with Crippen LogP contribution in [-0.4, -0.2) is 4.92 Å². The fraction of sp³-hybridized carbons (Fsp3) is 0. The van der Waals surface area contributed by atoms with Crippen molar-refractivity contribution < 1.29 is 9.31 Å². The summed E-state index contributed by atoms with van der Waals surface area (Å²) in [6, 6.07) is 6.73. The summed E-state index contributed by atoms with van der Waals surface area (Å²) in [5, 5.41) is 13.9. The van der Waals surface area contributed by atoms with Crippen LogP contribution in [0.2, 0.25) is 10.0 Å². The maximum atomic E-state index is 13.1. The SMILES string of the molecule is O=[N+]([O-])c1ccc(Nc2c(Cl)cc(F)cc2Cl)cc1I. The number of hydrogen-bond acceptors (Lipinski definition) is 3. The van der Waals surface area contributed by atoms with Gasteiger partial charge in [-0.15, -0.1) is 0 Å². The second-order valence-electron chi connectivity index (χ2n) is 3.79. The van der Waals surface area contributed by atoms with Gasteiger partial charge >= 0.3 is 0 Å². The summed E-state index contributed by atoms with van der Waals surface area (Å²) in [4.78, 5) is 10.3. The van der Waals surface area contributed by atoms with Crippen LogP contribution in [0.3, 0.4) is 0 Å². The minimum Gasteiger partial charge on any atom is -0.353 e. The third-order valence-electron chi connectivity index (χ3n) is 2.42. The van der Waals surface area contributed by atoms with E-state index in [0.29, 0.717) is 14.9 Å². The summed E-state index contributed by atoms with van der Waals surface area (Å²) >= 11 is 13.7. The molecular formula is C12H6Cl2FIN2O2. The summed E-state index contributed by atoms with van der Waals surface area (Å²) < 4.78 is 13.5. The monoisotopic (exact) mass is 426 g/mol. The summed E-state index contributed by atoms with van der Waals surface area (Å²) in [5.41, 5.74) is 0.919. The second-order valence-corrected chi connectivity index (χ2v) is 5.77. The molecule has 1 N–H and O–H groups in total. The van der Waals surface area contributed by atoms with Gasteiger partial charge in [0.15, 0.2) is 0 Å². The molecule has 0 aliphatic carbocycles. The number of benzene rings is 2. The zero-order valence-corrected chi connectivity index (χ0v) is 13.3. The van der Waals surface area contributed by atoms with E-state index in [1.54, 1.807) is 6.07 Å². The lowest BCUT2D eigenvalue weighted by Gasteiger charge is -2.11. The summed E-state index contributed by atoms with van der Waals surface area (Å²) in [6.07, 6.45) is 0. The molecule has 0 aromatic heterocycles. The molecule has 0 saturated heterocycles. The van der Waals surface area contributed by atoms with Gasteiger partial charge in [-0.05, 0) is 46.9 Å². The Morgan fingerprint density at radius 3 is 2.30 bits per heavy atom. The highest BCUT2D eigenvalue weighted by atomic mass is 127. The zero-order chi connectivity index (χ0) is 14.9. The van der Waals surface area contributed by atoms with Gasteiger partial charge in [0.1, 0.15) is 5.82 Å². The fourth-order valence-electron chi connectivity index (χ4n) is 1.54. The molecule has 2 rings (SSSR count). The Hall–Kier alpha value is -1.12. The summed E-state index contributed by atoms with van der Waals surface area (Å²) in [6.45, 7) is 0. The van der Waals surface area contributed by atoms with Gasteiger partial charge < -0.3 is 5.32 Å². The van der Waals surface area contributed by atoms with Gasteiger partial charge in [0, 0.05) is 11.8 Å². The predicted molar refractivity (Wildman–Crippen MR) is 85.5 cm³/mol. The molecule has 0 spiro atoms. The van der Waals surface area contributed by atoms with E-state index in [2.05, 4.69) is 5.32 Å². The number of nitrogens with one attached hydrogen (secondary N) is 1. The largest absolute Gasteiger partial charge is 0.353 e. The van der Waals surface area contributed by atoms with Gasteiger partial charge in [-0.25, -0.2) is 4.39 Å². The van der Waals surface area contributed by atoms with Gasteiger partial charge in [0.25, 0.3) is 5.69 Å². The Morgan fingerprint density at radius 2 is 1.80 bits per heavy atom. The molecule has 0 amide bonds. The lowest BCUT2D eigenvalue weighted by molar-refractivity contribution is -0.385. The van der Waals surface area contributed by atoms with Crippen molar-refractivity contribution in [3.05, 3.63) is 59.9 Å². The molecule has 0 radical (unpaired) electrons. The molecule has 0 atom stereocenters.